The number of nitrogens with zero attached hydrogens (tertiary/aromatic N) is 1. The lowest BCUT2D eigenvalue weighted by atomic mass is 9.93. The molecular weight excluding hydrogens is 212 g/mol. The van der Waals surface area contributed by atoms with Crippen LogP contribution in [0.25, 0.3) is 0 Å². The average Bonchev–Trinajstić information content (AvgIpc) is 3.08. The summed E-state index contributed by atoms with van der Waals surface area (Å²) < 4.78 is 0. The molecular formula is C14H30N2O. The molecule has 3 nitrogen and oxygen atoms in total. The van der Waals surface area contributed by atoms with Crippen molar-refractivity contribution in [1.29, 1.82) is 0 Å². The highest BCUT2D eigenvalue weighted by Crippen LogP contribution is 2.31. The summed E-state index contributed by atoms with van der Waals surface area (Å²) in [6.07, 6.45) is 3.80. The summed E-state index contributed by atoms with van der Waals surface area (Å²) >= 11 is 0. The molecule has 1 fully saturated rings. The van der Waals surface area contributed by atoms with E-state index in [-0.39, 0.29) is 12.1 Å². The van der Waals surface area contributed by atoms with Crippen LogP contribution < -0.4 is 5.32 Å². The highest BCUT2D eigenvalue weighted by molar-refractivity contribution is 4.88. The minimum Gasteiger partial charge on any atom is -0.394 e. The fourth-order valence-corrected chi connectivity index (χ4v) is 2.51. The van der Waals surface area contributed by atoms with E-state index in [0.717, 1.165) is 12.3 Å². The van der Waals surface area contributed by atoms with Gasteiger partial charge in [0.15, 0.2) is 0 Å². The minimum absolute atomic E-state index is 0.157. The van der Waals surface area contributed by atoms with Crippen LogP contribution in [0.5, 0.6) is 0 Å². The van der Waals surface area contributed by atoms with Crippen molar-refractivity contribution in [3.05, 3.63) is 0 Å². The zero-order valence-electron chi connectivity index (χ0n) is 12.2. The van der Waals surface area contributed by atoms with E-state index in [0.29, 0.717) is 12.1 Å². The molecule has 0 heterocycles. The molecule has 2 unspecified atom stereocenters. The molecule has 0 aromatic heterocycles. The maximum absolute atomic E-state index is 9.47. The van der Waals surface area contributed by atoms with Gasteiger partial charge in [0.2, 0.25) is 0 Å². The van der Waals surface area contributed by atoms with Crippen molar-refractivity contribution < 1.29 is 5.11 Å². The first kappa shape index (κ1) is 14.9. The molecule has 0 spiro atoms. The van der Waals surface area contributed by atoms with E-state index in [1.807, 2.05) is 7.05 Å². The van der Waals surface area contributed by atoms with Crippen LogP contribution in [0.15, 0.2) is 0 Å². The lowest BCUT2D eigenvalue weighted by molar-refractivity contribution is 0.0970. The number of nitrogens with one attached hydrogen (secondary N) is 1. The lowest BCUT2D eigenvalue weighted by Crippen LogP contribution is -2.50. The van der Waals surface area contributed by atoms with Gasteiger partial charge in [0.25, 0.3) is 0 Å². The summed E-state index contributed by atoms with van der Waals surface area (Å²) in [5.74, 6) is 0.926. The fourth-order valence-electron chi connectivity index (χ4n) is 2.51. The third-order valence-corrected chi connectivity index (χ3v) is 4.09. The third-order valence-electron chi connectivity index (χ3n) is 4.09. The molecule has 1 aliphatic carbocycles. The Bertz CT molecular complexity index is 222. The van der Waals surface area contributed by atoms with Crippen LogP contribution in [-0.2, 0) is 0 Å². The molecule has 0 aliphatic heterocycles. The maximum atomic E-state index is 9.47. The average molecular weight is 242 g/mol. The second kappa shape index (κ2) is 6.17. The van der Waals surface area contributed by atoms with Gasteiger partial charge in [-0.15, -0.1) is 0 Å². The molecule has 0 aromatic carbocycles. The van der Waals surface area contributed by atoms with Gasteiger partial charge in [-0.05, 0) is 59.9 Å². The van der Waals surface area contributed by atoms with Gasteiger partial charge in [0, 0.05) is 24.2 Å². The number of aliphatic hydroxyl groups excluding tert-OH is 1. The van der Waals surface area contributed by atoms with Gasteiger partial charge in [0.05, 0.1) is 6.61 Å². The predicted molar refractivity (Wildman–Crippen MR) is 73.2 cm³/mol. The smallest absolute Gasteiger partial charge is 0.0611 e. The van der Waals surface area contributed by atoms with Crippen LogP contribution in [0.4, 0.5) is 0 Å². The van der Waals surface area contributed by atoms with Crippen molar-refractivity contribution in [2.45, 2.75) is 64.6 Å². The highest BCUT2D eigenvalue weighted by Gasteiger charge is 2.31. The van der Waals surface area contributed by atoms with E-state index >= 15 is 0 Å². The normalized spacial score (nSPS) is 21.9. The predicted octanol–water partition coefficient (Wildman–Crippen LogP) is 1.86. The van der Waals surface area contributed by atoms with Crippen molar-refractivity contribution in [2.75, 3.05) is 20.2 Å². The molecule has 1 rings (SSSR count). The number of likely N-dealkylation sites (N-methyl/N-ethyl adjacent to an activating group) is 1. The lowest BCUT2D eigenvalue weighted by Gasteiger charge is -2.38. The number of aliphatic hydroxyl groups is 1. The minimum atomic E-state index is -0.157. The summed E-state index contributed by atoms with van der Waals surface area (Å²) in [5.41, 5.74) is -0.157. The van der Waals surface area contributed by atoms with Crippen LogP contribution >= 0.6 is 0 Å². The molecule has 0 bridgehead atoms. The molecule has 1 aliphatic rings. The third kappa shape index (κ3) is 4.57. The van der Waals surface area contributed by atoms with E-state index in [1.54, 1.807) is 0 Å². The molecule has 102 valence electrons. The Morgan fingerprint density at radius 2 is 1.94 bits per heavy atom. The maximum Gasteiger partial charge on any atom is 0.0611 e. The molecule has 0 saturated heterocycles. The summed E-state index contributed by atoms with van der Waals surface area (Å²) in [6.45, 7) is 10.4. The number of hydrogen-bond donors (Lipinski definition) is 2. The SMILES string of the molecule is CNC(C)(CO)CC(C)N(CC1CC1)C(C)C. The van der Waals surface area contributed by atoms with E-state index in [1.165, 1.54) is 19.4 Å². The molecule has 1 saturated carbocycles. The zero-order chi connectivity index (χ0) is 13.1. The van der Waals surface area contributed by atoms with Gasteiger partial charge >= 0.3 is 0 Å². The van der Waals surface area contributed by atoms with E-state index in [2.05, 4.69) is 37.9 Å². The number of hydrogen-bond acceptors (Lipinski definition) is 3. The Morgan fingerprint density at radius 3 is 2.29 bits per heavy atom. The van der Waals surface area contributed by atoms with E-state index in [4.69, 9.17) is 0 Å². The summed E-state index contributed by atoms with van der Waals surface area (Å²) in [5, 5.41) is 12.7. The first-order chi connectivity index (χ1) is 7.91. The molecule has 3 heteroatoms. The largest absolute Gasteiger partial charge is 0.394 e. The number of rotatable bonds is 8. The van der Waals surface area contributed by atoms with Crippen LogP contribution in [0.3, 0.4) is 0 Å². The Balaban J connectivity index is 2.53. The summed E-state index contributed by atoms with van der Waals surface area (Å²) in [6, 6.07) is 1.10. The fraction of sp³-hybridized carbons (Fsp3) is 1.00. The zero-order valence-corrected chi connectivity index (χ0v) is 12.2. The van der Waals surface area contributed by atoms with Crippen molar-refractivity contribution in [1.82, 2.24) is 10.2 Å². The quantitative estimate of drug-likeness (QED) is 0.682. The summed E-state index contributed by atoms with van der Waals surface area (Å²) in [4.78, 5) is 2.59. The van der Waals surface area contributed by atoms with Crippen molar-refractivity contribution >= 4 is 0 Å². The first-order valence-electron chi connectivity index (χ1n) is 6.97. The van der Waals surface area contributed by atoms with E-state index in [9.17, 15) is 5.11 Å². The Hall–Kier alpha value is -0.120. The van der Waals surface area contributed by atoms with E-state index < -0.39 is 0 Å². The molecule has 0 radical (unpaired) electrons. The van der Waals surface area contributed by atoms with Crippen molar-refractivity contribution in [3.8, 4) is 0 Å². The monoisotopic (exact) mass is 242 g/mol. The van der Waals surface area contributed by atoms with Crippen LogP contribution in [0.2, 0.25) is 0 Å². The Morgan fingerprint density at radius 1 is 1.35 bits per heavy atom. The van der Waals surface area contributed by atoms with Gasteiger partial charge in [-0.1, -0.05) is 0 Å². The molecule has 0 amide bonds. The van der Waals surface area contributed by atoms with Gasteiger partial charge < -0.3 is 10.4 Å². The Labute approximate surface area is 107 Å². The topological polar surface area (TPSA) is 35.5 Å². The van der Waals surface area contributed by atoms with Crippen molar-refractivity contribution in [2.24, 2.45) is 5.92 Å². The molecule has 0 aromatic rings. The van der Waals surface area contributed by atoms with Gasteiger partial charge in [0.1, 0.15) is 0 Å². The second-order valence-electron chi connectivity index (χ2n) is 6.26. The van der Waals surface area contributed by atoms with Gasteiger partial charge in [-0.25, -0.2) is 0 Å². The van der Waals surface area contributed by atoms with Crippen molar-refractivity contribution in [3.63, 3.8) is 0 Å². The van der Waals surface area contributed by atoms with Gasteiger partial charge in [-0.2, -0.15) is 0 Å². The first-order valence-corrected chi connectivity index (χ1v) is 6.97. The second-order valence-corrected chi connectivity index (χ2v) is 6.26. The van der Waals surface area contributed by atoms with Crippen LogP contribution in [-0.4, -0.2) is 47.8 Å². The highest BCUT2D eigenvalue weighted by atomic mass is 16.3. The molecule has 17 heavy (non-hydrogen) atoms. The standard InChI is InChI=1S/C14H30N2O/c1-11(2)16(9-13-6-7-13)12(3)8-14(4,10-17)15-5/h11-13,15,17H,6-10H2,1-5H3. The summed E-state index contributed by atoms with van der Waals surface area (Å²) in [7, 11) is 1.93. The Kier molecular flexibility index (Phi) is 5.42. The van der Waals surface area contributed by atoms with Gasteiger partial charge in [-0.3, -0.25) is 4.90 Å². The van der Waals surface area contributed by atoms with Crippen LogP contribution in [0, 0.1) is 5.92 Å². The molecule has 2 N–H and O–H groups in total. The molecule has 2 atom stereocenters. The van der Waals surface area contributed by atoms with Crippen LogP contribution in [0.1, 0.15) is 47.0 Å².